The minimum Gasteiger partial charge on any atom is -0.392 e. The van der Waals surface area contributed by atoms with E-state index in [0.29, 0.717) is 6.42 Å². The monoisotopic (exact) mass is 289 g/mol. The Hall–Kier alpha value is -0.980. The Kier molecular flexibility index (Phi) is 5.46. The van der Waals surface area contributed by atoms with E-state index in [1.807, 2.05) is 20.8 Å². The van der Waals surface area contributed by atoms with E-state index in [4.69, 9.17) is 5.11 Å². The van der Waals surface area contributed by atoms with Crippen LogP contribution in [0.25, 0.3) is 0 Å². The molecule has 0 aromatic heterocycles. The Bertz CT molecular complexity index is 529. The first-order valence-electron chi connectivity index (χ1n) is 6.23. The molecule has 6 heteroatoms. The first-order valence-corrected chi connectivity index (χ1v) is 7.71. The molecule has 0 aliphatic heterocycles. The molecule has 1 rings (SSSR count). The van der Waals surface area contributed by atoms with Crippen LogP contribution in [0.2, 0.25) is 0 Å². The van der Waals surface area contributed by atoms with Crippen molar-refractivity contribution in [3.8, 4) is 0 Å². The number of sulfonamides is 1. The third-order valence-electron chi connectivity index (χ3n) is 3.05. The highest BCUT2D eigenvalue weighted by molar-refractivity contribution is 7.89. The summed E-state index contributed by atoms with van der Waals surface area (Å²) in [6, 6.07) is 3.23. The van der Waals surface area contributed by atoms with Crippen LogP contribution < -0.4 is 4.72 Å². The van der Waals surface area contributed by atoms with E-state index in [1.54, 1.807) is 0 Å². The highest BCUT2D eigenvalue weighted by Gasteiger charge is 2.22. The summed E-state index contributed by atoms with van der Waals surface area (Å²) >= 11 is 0. The molecule has 2 N–H and O–H groups in total. The fourth-order valence-corrected chi connectivity index (χ4v) is 3.32. The Morgan fingerprint density at radius 1 is 1.37 bits per heavy atom. The second kappa shape index (κ2) is 6.45. The van der Waals surface area contributed by atoms with E-state index in [-0.39, 0.29) is 22.4 Å². The molecule has 0 aliphatic rings. The van der Waals surface area contributed by atoms with Crippen LogP contribution in [0.4, 0.5) is 4.39 Å². The molecule has 1 aromatic rings. The van der Waals surface area contributed by atoms with Crippen LogP contribution in [0, 0.1) is 11.7 Å². The first-order chi connectivity index (χ1) is 8.81. The number of aliphatic hydroxyl groups excluding tert-OH is 1. The lowest BCUT2D eigenvalue weighted by Crippen LogP contribution is -2.38. The van der Waals surface area contributed by atoms with Gasteiger partial charge in [-0.1, -0.05) is 20.8 Å². The third kappa shape index (κ3) is 3.99. The van der Waals surface area contributed by atoms with Gasteiger partial charge >= 0.3 is 0 Å². The number of halogens is 1. The summed E-state index contributed by atoms with van der Waals surface area (Å²) in [4.78, 5) is -0.0305. The lowest BCUT2D eigenvalue weighted by atomic mass is 10.0. The van der Waals surface area contributed by atoms with Gasteiger partial charge in [-0.2, -0.15) is 0 Å². The highest BCUT2D eigenvalue weighted by atomic mass is 32.2. The quantitative estimate of drug-likeness (QED) is 0.842. The fraction of sp³-hybridized carbons (Fsp3) is 0.538. The van der Waals surface area contributed by atoms with Gasteiger partial charge < -0.3 is 5.11 Å². The van der Waals surface area contributed by atoms with Gasteiger partial charge in [0.25, 0.3) is 0 Å². The predicted molar refractivity (Wildman–Crippen MR) is 71.6 cm³/mol. The molecule has 0 radical (unpaired) electrons. The lowest BCUT2D eigenvalue weighted by Gasteiger charge is -2.20. The number of aliphatic hydroxyl groups is 1. The Morgan fingerprint density at radius 3 is 2.47 bits per heavy atom. The van der Waals surface area contributed by atoms with Crippen molar-refractivity contribution in [1.29, 1.82) is 0 Å². The molecule has 0 fully saturated rings. The smallest absolute Gasteiger partial charge is 0.240 e. The number of nitrogens with one attached hydrogen (secondary N) is 1. The van der Waals surface area contributed by atoms with Crippen LogP contribution in [0.15, 0.2) is 23.1 Å². The van der Waals surface area contributed by atoms with Crippen molar-refractivity contribution in [3.63, 3.8) is 0 Å². The van der Waals surface area contributed by atoms with Crippen LogP contribution in [0.3, 0.4) is 0 Å². The maximum Gasteiger partial charge on any atom is 0.240 e. The summed E-state index contributed by atoms with van der Waals surface area (Å²) in [6.45, 7) is 5.23. The molecule has 0 saturated carbocycles. The maximum atomic E-state index is 13.2. The molecule has 0 spiro atoms. The number of hydrogen-bond donors (Lipinski definition) is 2. The molecule has 108 valence electrons. The van der Waals surface area contributed by atoms with E-state index in [2.05, 4.69) is 4.72 Å². The molecule has 1 unspecified atom stereocenters. The second-order valence-corrected chi connectivity index (χ2v) is 6.51. The summed E-state index contributed by atoms with van der Waals surface area (Å²) in [5, 5.41) is 8.97. The molecule has 0 bridgehead atoms. The van der Waals surface area contributed by atoms with E-state index >= 15 is 0 Å². The van der Waals surface area contributed by atoms with Gasteiger partial charge in [0.05, 0.1) is 11.5 Å². The summed E-state index contributed by atoms with van der Waals surface area (Å²) < 4.78 is 40.2. The zero-order chi connectivity index (χ0) is 14.6. The van der Waals surface area contributed by atoms with Crippen LogP contribution in [-0.2, 0) is 16.6 Å². The number of benzene rings is 1. The normalized spacial score (nSPS) is 13.8. The van der Waals surface area contributed by atoms with Gasteiger partial charge in [0, 0.05) is 11.6 Å². The highest BCUT2D eigenvalue weighted by Crippen LogP contribution is 2.17. The standard InChI is InChI=1S/C13H20FNO3S/c1-4-13(9(2)3)15-19(17,18)11-5-6-12(14)10(7-11)8-16/h5-7,9,13,15-16H,4,8H2,1-3H3. The van der Waals surface area contributed by atoms with Gasteiger partial charge in [0.2, 0.25) is 10.0 Å². The summed E-state index contributed by atoms with van der Waals surface area (Å²) in [6.07, 6.45) is 0.672. The van der Waals surface area contributed by atoms with Crippen LogP contribution in [0.1, 0.15) is 32.8 Å². The number of rotatable bonds is 6. The van der Waals surface area contributed by atoms with Crippen LogP contribution in [-0.4, -0.2) is 19.6 Å². The predicted octanol–water partition coefficient (Wildman–Crippen LogP) is 2.03. The Morgan fingerprint density at radius 2 is 2.00 bits per heavy atom. The molecule has 19 heavy (non-hydrogen) atoms. The third-order valence-corrected chi connectivity index (χ3v) is 4.54. The lowest BCUT2D eigenvalue weighted by molar-refractivity contribution is 0.275. The van der Waals surface area contributed by atoms with Gasteiger partial charge in [0.1, 0.15) is 5.82 Å². The van der Waals surface area contributed by atoms with Gasteiger partial charge in [-0.15, -0.1) is 0 Å². The van der Waals surface area contributed by atoms with Gasteiger partial charge in [-0.25, -0.2) is 17.5 Å². The van der Waals surface area contributed by atoms with Crippen molar-refractivity contribution in [1.82, 2.24) is 4.72 Å². The molecule has 0 aliphatic carbocycles. The second-order valence-electron chi connectivity index (χ2n) is 4.79. The molecule has 1 aromatic carbocycles. The minimum atomic E-state index is -3.69. The molecular weight excluding hydrogens is 269 g/mol. The van der Waals surface area contributed by atoms with Crippen molar-refractivity contribution >= 4 is 10.0 Å². The molecule has 0 saturated heterocycles. The average Bonchev–Trinajstić information content (AvgIpc) is 2.36. The van der Waals surface area contributed by atoms with E-state index in [9.17, 15) is 12.8 Å². The molecule has 0 heterocycles. The van der Waals surface area contributed by atoms with Crippen molar-refractivity contribution in [2.75, 3.05) is 0 Å². The van der Waals surface area contributed by atoms with Crippen molar-refractivity contribution in [2.24, 2.45) is 5.92 Å². The summed E-state index contributed by atoms with van der Waals surface area (Å²) in [5.74, 6) is -0.449. The summed E-state index contributed by atoms with van der Waals surface area (Å²) in [5.41, 5.74) is -0.0273. The van der Waals surface area contributed by atoms with E-state index in [0.717, 1.165) is 12.1 Å². The number of hydrogen-bond acceptors (Lipinski definition) is 3. The Labute approximate surface area is 113 Å². The first kappa shape index (κ1) is 16.1. The maximum absolute atomic E-state index is 13.2. The Balaban J connectivity index is 3.06. The van der Waals surface area contributed by atoms with E-state index in [1.165, 1.54) is 6.07 Å². The minimum absolute atomic E-state index is 0.0273. The van der Waals surface area contributed by atoms with Crippen LogP contribution >= 0.6 is 0 Å². The molecule has 1 atom stereocenters. The summed E-state index contributed by atoms with van der Waals surface area (Å²) in [7, 11) is -3.69. The SMILES string of the molecule is CCC(NS(=O)(=O)c1ccc(F)c(CO)c1)C(C)C. The largest absolute Gasteiger partial charge is 0.392 e. The molecule has 4 nitrogen and oxygen atoms in total. The fourth-order valence-electron chi connectivity index (χ4n) is 1.80. The van der Waals surface area contributed by atoms with Gasteiger partial charge in [-0.05, 0) is 30.5 Å². The van der Waals surface area contributed by atoms with Crippen molar-refractivity contribution in [2.45, 2.75) is 44.7 Å². The topological polar surface area (TPSA) is 66.4 Å². The van der Waals surface area contributed by atoms with Crippen molar-refractivity contribution < 1.29 is 17.9 Å². The molecule has 0 amide bonds. The van der Waals surface area contributed by atoms with Crippen molar-refractivity contribution in [3.05, 3.63) is 29.6 Å². The van der Waals surface area contributed by atoms with E-state index < -0.39 is 22.4 Å². The zero-order valence-corrected chi connectivity index (χ0v) is 12.2. The van der Waals surface area contributed by atoms with Gasteiger partial charge in [0.15, 0.2) is 0 Å². The molecular formula is C13H20FNO3S. The zero-order valence-electron chi connectivity index (χ0n) is 11.4. The van der Waals surface area contributed by atoms with Gasteiger partial charge in [-0.3, -0.25) is 0 Å². The van der Waals surface area contributed by atoms with Crippen LogP contribution in [0.5, 0.6) is 0 Å². The average molecular weight is 289 g/mol.